The topological polar surface area (TPSA) is 81.2 Å². The van der Waals surface area contributed by atoms with Crippen molar-refractivity contribution in [2.24, 2.45) is 12.8 Å². The minimum atomic E-state index is -0.122. The molecule has 2 N–H and O–H groups in total. The smallest absolute Gasteiger partial charge is 0.264 e. The Kier molecular flexibility index (Phi) is 4.13. The third kappa shape index (κ3) is 2.64. The van der Waals surface area contributed by atoms with Gasteiger partial charge in [0.1, 0.15) is 4.83 Å². The highest BCUT2D eigenvalue weighted by Gasteiger charge is 2.35. The third-order valence-electron chi connectivity index (χ3n) is 5.08. The van der Waals surface area contributed by atoms with Crippen molar-refractivity contribution < 1.29 is 4.79 Å². The molecular formula is C19H20N4O2S. The SMILES string of the molecule is Cc1c(C(=O)N2C[C@H](c3ccccc3)[C@@H](N)C2)sc2ncn(C)c(=O)c12. The number of carbonyl (C=O) groups is 1. The lowest BCUT2D eigenvalue weighted by Crippen LogP contribution is -2.32. The molecule has 1 saturated heterocycles. The van der Waals surface area contributed by atoms with Crippen molar-refractivity contribution in [2.75, 3.05) is 13.1 Å². The summed E-state index contributed by atoms with van der Waals surface area (Å²) in [4.78, 5) is 32.8. The first kappa shape index (κ1) is 16.9. The lowest BCUT2D eigenvalue weighted by Gasteiger charge is -2.16. The van der Waals surface area contributed by atoms with Crippen molar-refractivity contribution in [2.45, 2.75) is 18.9 Å². The predicted molar refractivity (Wildman–Crippen MR) is 103 cm³/mol. The molecule has 4 rings (SSSR count). The van der Waals surface area contributed by atoms with Crippen LogP contribution < -0.4 is 11.3 Å². The Morgan fingerprint density at radius 3 is 2.73 bits per heavy atom. The van der Waals surface area contributed by atoms with Crippen LogP contribution in [0, 0.1) is 6.92 Å². The van der Waals surface area contributed by atoms with E-state index >= 15 is 0 Å². The first-order chi connectivity index (χ1) is 12.5. The van der Waals surface area contributed by atoms with Gasteiger partial charge in [0.05, 0.1) is 16.6 Å². The van der Waals surface area contributed by atoms with Crippen LogP contribution in [0.2, 0.25) is 0 Å². The normalized spacial score (nSPS) is 20.0. The molecule has 0 bridgehead atoms. The first-order valence-electron chi connectivity index (χ1n) is 8.52. The van der Waals surface area contributed by atoms with E-state index in [9.17, 15) is 9.59 Å². The average molecular weight is 368 g/mol. The molecule has 3 aromatic rings. The molecule has 2 atom stereocenters. The van der Waals surface area contributed by atoms with E-state index in [-0.39, 0.29) is 23.4 Å². The lowest BCUT2D eigenvalue weighted by atomic mass is 9.95. The molecule has 1 aliphatic heterocycles. The van der Waals surface area contributed by atoms with Gasteiger partial charge in [0, 0.05) is 32.1 Å². The zero-order valence-electron chi connectivity index (χ0n) is 14.7. The highest BCUT2D eigenvalue weighted by molar-refractivity contribution is 7.20. The van der Waals surface area contributed by atoms with E-state index < -0.39 is 0 Å². The zero-order chi connectivity index (χ0) is 18.4. The van der Waals surface area contributed by atoms with Crippen LogP contribution >= 0.6 is 11.3 Å². The van der Waals surface area contributed by atoms with Gasteiger partial charge in [0.2, 0.25) is 0 Å². The maximum Gasteiger partial charge on any atom is 0.264 e. The summed E-state index contributed by atoms with van der Waals surface area (Å²) in [6, 6.07) is 9.96. The maximum absolute atomic E-state index is 13.1. The molecule has 2 aromatic heterocycles. The van der Waals surface area contributed by atoms with Crippen LogP contribution in [0.15, 0.2) is 41.5 Å². The number of nitrogens with two attached hydrogens (primary N) is 1. The molecule has 0 unspecified atom stereocenters. The molecule has 1 amide bonds. The molecule has 0 radical (unpaired) electrons. The van der Waals surface area contributed by atoms with E-state index in [2.05, 4.69) is 17.1 Å². The Balaban J connectivity index is 1.67. The summed E-state index contributed by atoms with van der Waals surface area (Å²) < 4.78 is 1.44. The van der Waals surface area contributed by atoms with Crippen LogP contribution in [-0.4, -0.2) is 39.5 Å². The molecule has 7 heteroatoms. The van der Waals surface area contributed by atoms with E-state index in [1.54, 1.807) is 11.9 Å². The van der Waals surface area contributed by atoms with Crippen LogP contribution in [0.3, 0.4) is 0 Å². The maximum atomic E-state index is 13.1. The van der Waals surface area contributed by atoms with Gasteiger partial charge < -0.3 is 15.2 Å². The molecule has 26 heavy (non-hydrogen) atoms. The minimum absolute atomic E-state index is 0.0681. The lowest BCUT2D eigenvalue weighted by molar-refractivity contribution is 0.0793. The van der Waals surface area contributed by atoms with Gasteiger partial charge in [0.15, 0.2) is 0 Å². The minimum Gasteiger partial charge on any atom is -0.336 e. The van der Waals surface area contributed by atoms with E-state index in [0.29, 0.717) is 33.7 Å². The standard InChI is InChI=1S/C19H20N4O2S/c1-11-15-17(21-10-22(2)18(15)24)26-16(11)19(25)23-8-13(14(20)9-23)12-6-4-3-5-7-12/h3-7,10,13-14H,8-9,20H2,1-2H3/t13-,14+/m1/s1. The predicted octanol–water partition coefficient (Wildman–Crippen LogP) is 1.87. The highest BCUT2D eigenvalue weighted by Crippen LogP contribution is 2.32. The van der Waals surface area contributed by atoms with Gasteiger partial charge in [-0.1, -0.05) is 30.3 Å². The van der Waals surface area contributed by atoms with Crippen LogP contribution in [0.4, 0.5) is 0 Å². The highest BCUT2D eigenvalue weighted by atomic mass is 32.1. The summed E-state index contributed by atoms with van der Waals surface area (Å²) >= 11 is 1.28. The number of benzene rings is 1. The Morgan fingerprint density at radius 2 is 2.00 bits per heavy atom. The molecule has 1 fully saturated rings. The summed E-state index contributed by atoms with van der Waals surface area (Å²) in [5, 5.41) is 0.534. The second-order valence-corrected chi connectivity index (χ2v) is 7.79. The molecule has 0 aliphatic carbocycles. The summed E-state index contributed by atoms with van der Waals surface area (Å²) in [6.07, 6.45) is 1.49. The van der Waals surface area contributed by atoms with Gasteiger partial charge >= 0.3 is 0 Å². The monoisotopic (exact) mass is 368 g/mol. The number of fused-ring (bicyclic) bond motifs is 1. The summed E-state index contributed by atoms with van der Waals surface area (Å²) in [5.74, 6) is 0.0577. The summed E-state index contributed by atoms with van der Waals surface area (Å²) in [5.41, 5.74) is 8.06. The van der Waals surface area contributed by atoms with Crippen molar-refractivity contribution in [1.82, 2.24) is 14.5 Å². The first-order valence-corrected chi connectivity index (χ1v) is 9.33. The van der Waals surface area contributed by atoms with Crippen molar-refractivity contribution >= 4 is 27.5 Å². The van der Waals surface area contributed by atoms with Gasteiger partial charge in [-0.05, 0) is 18.1 Å². The Labute approximate surface area is 154 Å². The van der Waals surface area contributed by atoms with Crippen LogP contribution in [0.5, 0.6) is 0 Å². The molecule has 1 aromatic carbocycles. The average Bonchev–Trinajstić information content (AvgIpc) is 3.19. The Bertz CT molecular complexity index is 1040. The second kappa shape index (κ2) is 6.34. The molecule has 0 saturated carbocycles. The van der Waals surface area contributed by atoms with Crippen molar-refractivity contribution in [3.05, 3.63) is 63.0 Å². The number of rotatable bonds is 2. The number of carbonyl (C=O) groups excluding carboxylic acids is 1. The zero-order valence-corrected chi connectivity index (χ0v) is 15.5. The number of aromatic nitrogens is 2. The fourth-order valence-corrected chi connectivity index (χ4v) is 4.71. The van der Waals surface area contributed by atoms with Gasteiger partial charge in [-0.25, -0.2) is 4.98 Å². The summed E-state index contributed by atoms with van der Waals surface area (Å²) in [7, 11) is 1.66. The molecule has 134 valence electrons. The number of hydrogen-bond acceptors (Lipinski definition) is 5. The number of amides is 1. The van der Waals surface area contributed by atoms with Gasteiger partial charge in [-0.15, -0.1) is 11.3 Å². The fraction of sp³-hybridized carbons (Fsp3) is 0.316. The molecule has 3 heterocycles. The second-order valence-electron chi connectivity index (χ2n) is 6.79. The van der Waals surface area contributed by atoms with Crippen molar-refractivity contribution in [1.29, 1.82) is 0 Å². The number of aryl methyl sites for hydroxylation is 2. The largest absolute Gasteiger partial charge is 0.336 e. The van der Waals surface area contributed by atoms with E-state index in [1.165, 1.54) is 22.2 Å². The summed E-state index contributed by atoms with van der Waals surface area (Å²) in [6.45, 7) is 2.92. The van der Waals surface area contributed by atoms with Crippen LogP contribution in [0.1, 0.15) is 26.7 Å². The number of thiophene rings is 1. The fourth-order valence-electron chi connectivity index (χ4n) is 3.60. The molecule has 0 spiro atoms. The number of likely N-dealkylation sites (tertiary alicyclic amines) is 1. The Hall–Kier alpha value is -2.51. The van der Waals surface area contributed by atoms with Crippen molar-refractivity contribution in [3.63, 3.8) is 0 Å². The quantitative estimate of drug-likeness (QED) is 0.749. The van der Waals surface area contributed by atoms with Gasteiger partial charge in [-0.3, -0.25) is 9.59 Å². The number of hydrogen-bond donors (Lipinski definition) is 1. The number of nitrogens with zero attached hydrogens (tertiary/aromatic N) is 3. The Morgan fingerprint density at radius 1 is 1.27 bits per heavy atom. The van der Waals surface area contributed by atoms with Crippen LogP contribution in [-0.2, 0) is 7.05 Å². The molecule has 6 nitrogen and oxygen atoms in total. The van der Waals surface area contributed by atoms with Crippen molar-refractivity contribution in [3.8, 4) is 0 Å². The third-order valence-corrected chi connectivity index (χ3v) is 6.27. The van der Waals surface area contributed by atoms with E-state index in [1.807, 2.05) is 25.1 Å². The van der Waals surface area contributed by atoms with E-state index in [4.69, 9.17) is 5.73 Å². The molecular weight excluding hydrogens is 348 g/mol. The van der Waals surface area contributed by atoms with E-state index in [0.717, 1.165) is 5.56 Å². The van der Waals surface area contributed by atoms with Gasteiger partial charge in [-0.2, -0.15) is 0 Å². The molecule has 1 aliphatic rings. The van der Waals surface area contributed by atoms with Crippen LogP contribution in [0.25, 0.3) is 10.2 Å². The van der Waals surface area contributed by atoms with Gasteiger partial charge in [0.25, 0.3) is 11.5 Å².